The molecule has 0 radical (unpaired) electrons. The van der Waals surface area contributed by atoms with Crippen molar-refractivity contribution in [1.29, 1.82) is 0 Å². The number of carbonyl (C=O) groups is 2. The lowest BCUT2D eigenvalue weighted by atomic mass is 10.0. The van der Waals surface area contributed by atoms with Gasteiger partial charge in [0.05, 0.1) is 5.56 Å². The fourth-order valence-electron chi connectivity index (χ4n) is 2.56. The van der Waals surface area contributed by atoms with Crippen LogP contribution in [0.15, 0.2) is 24.3 Å². The van der Waals surface area contributed by atoms with Gasteiger partial charge < -0.3 is 16.0 Å². The number of amides is 2. The second kappa shape index (κ2) is 7.26. The number of halogens is 4. The lowest BCUT2D eigenvalue weighted by Gasteiger charge is -2.14. The molecule has 3 N–H and O–H groups in total. The third-order valence-corrected chi connectivity index (χ3v) is 5.14. The third kappa shape index (κ3) is 4.00. The van der Waals surface area contributed by atoms with E-state index >= 15 is 0 Å². The Labute approximate surface area is 155 Å². The van der Waals surface area contributed by atoms with Crippen LogP contribution in [0.3, 0.4) is 0 Å². The van der Waals surface area contributed by atoms with Crippen LogP contribution >= 0.6 is 22.9 Å². The number of alkyl halides is 3. The Morgan fingerprint density at radius 3 is 2.50 bits per heavy atom. The summed E-state index contributed by atoms with van der Waals surface area (Å²) in [6.07, 6.45) is -4.55. The van der Waals surface area contributed by atoms with Crippen molar-refractivity contribution in [2.45, 2.75) is 19.1 Å². The van der Waals surface area contributed by atoms with E-state index in [1.807, 2.05) is 5.32 Å². The molecule has 0 unspecified atom stereocenters. The number of carbonyl (C=O) groups excluding carboxylic acids is 2. The molecule has 26 heavy (non-hydrogen) atoms. The van der Waals surface area contributed by atoms with E-state index in [0.717, 1.165) is 16.2 Å². The SMILES string of the molecule is O=C(Nc1ccc(Cl)cc1)c1c(NC(=O)C(F)(F)F)sc2c1CCNC2. The molecule has 2 heterocycles. The van der Waals surface area contributed by atoms with Crippen molar-refractivity contribution in [1.82, 2.24) is 5.32 Å². The molecule has 3 rings (SSSR count). The zero-order valence-corrected chi connectivity index (χ0v) is 14.7. The molecule has 0 saturated heterocycles. The summed E-state index contributed by atoms with van der Waals surface area (Å²) in [5.74, 6) is -2.69. The maximum atomic E-state index is 12.7. The lowest BCUT2D eigenvalue weighted by Crippen LogP contribution is -2.30. The Bertz CT molecular complexity index is 850. The van der Waals surface area contributed by atoms with Crippen molar-refractivity contribution in [2.75, 3.05) is 17.2 Å². The molecule has 138 valence electrons. The molecule has 0 bridgehead atoms. The standard InChI is InChI=1S/C16H13ClF3N3O2S/c17-8-1-3-9(4-2-8)22-13(24)12-10-5-6-21-7-11(10)26-14(12)23-15(25)16(18,19)20/h1-4,21H,5-7H2,(H,22,24)(H,23,25). The summed E-state index contributed by atoms with van der Waals surface area (Å²) in [4.78, 5) is 24.8. The molecule has 1 aromatic heterocycles. The molecule has 2 aromatic rings. The average molecular weight is 404 g/mol. The first-order valence-corrected chi connectivity index (χ1v) is 8.75. The first-order valence-electron chi connectivity index (χ1n) is 7.56. The summed E-state index contributed by atoms with van der Waals surface area (Å²) in [6, 6.07) is 6.32. The van der Waals surface area contributed by atoms with Gasteiger partial charge in [-0.05, 0) is 42.8 Å². The van der Waals surface area contributed by atoms with Crippen LogP contribution in [0.4, 0.5) is 23.9 Å². The predicted octanol–water partition coefficient (Wildman–Crippen LogP) is 3.80. The molecule has 1 aliphatic rings. The van der Waals surface area contributed by atoms with Crippen molar-refractivity contribution in [3.8, 4) is 0 Å². The van der Waals surface area contributed by atoms with Gasteiger partial charge in [0, 0.05) is 22.1 Å². The zero-order valence-electron chi connectivity index (χ0n) is 13.2. The van der Waals surface area contributed by atoms with Crippen molar-refractivity contribution in [2.24, 2.45) is 0 Å². The molecule has 10 heteroatoms. The van der Waals surface area contributed by atoms with Crippen LogP contribution in [-0.4, -0.2) is 24.5 Å². The van der Waals surface area contributed by atoms with Crippen LogP contribution in [0.1, 0.15) is 20.8 Å². The van der Waals surface area contributed by atoms with Crippen LogP contribution in [0.25, 0.3) is 0 Å². The van der Waals surface area contributed by atoms with Crippen molar-refractivity contribution >= 4 is 45.4 Å². The van der Waals surface area contributed by atoms with Crippen LogP contribution < -0.4 is 16.0 Å². The van der Waals surface area contributed by atoms with Gasteiger partial charge in [0.15, 0.2) is 0 Å². The van der Waals surface area contributed by atoms with Gasteiger partial charge in [0.2, 0.25) is 0 Å². The normalized spacial score (nSPS) is 13.8. The van der Waals surface area contributed by atoms with Gasteiger partial charge in [-0.2, -0.15) is 13.2 Å². The van der Waals surface area contributed by atoms with Crippen LogP contribution in [-0.2, 0) is 17.8 Å². The predicted molar refractivity (Wildman–Crippen MR) is 93.8 cm³/mol. The average Bonchev–Trinajstić information content (AvgIpc) is 2.94. The maximum absolute atomic E-state index is 12.7. The molecule has 2 amide bonds. The Hall–Kier alpha value is -2.10. The molecular weight excluding hydrogens is 391 g/mol. The monoisotopic (exact) mass is 403 g/mol. The first kappa shape index (κ1) is 18.7. The maximum Gasteiger partial charge on any atom is 0.471 e. The number of thiophene rings is 1. The van der Waals surface area contributed by atoms with E-state index in [1.165, 1.54) is 0 Å². The van der Waals surface area contributed by atoms with Gasteiger partial charge in [0.25, 0.3) is 5.91 Å². The second-order valence-electron chi connectivity index (χ2n) is 5.55. The van der Waals surface area contributed by atoms with Crippen molar-refractivity contribution in [3.05, 3.63) is 45.3 Å². The van der Waals surface area contributed by atoms with E-state index in [1.54, 1.807) is 24.3 Å². The Morgan fingerprint density at radius 1 is 1.15 bits per heavy atom. The summed E-state index contributed by atoms with van der Waals surface area (Å²) < 4.78 is 37.8. The molecule has 0 spiro atoms. The summed E-state index contributed by atoms with van der Waals surface area (Å²) in [6.45, 7) is 1.03. The minimum Gasteiger partial charge on any atom is -0.322 e. The van der Waals surface area contributed by atoms with Crippen LogP contribution in [0.5, 0.6) is 0 Å². The molecule has 1 aliphatic heterocycles. The summed E-state index contributed by atoms with van der Waals surface area (Å²) >= 11 is 6.77. The highest BCUT2D eigenvalue weighted by molar-refractivity contribution is 7.17. The fraction of sp³-hybridized carbons (Fsp3) is 0.250. The van der Waals surface area contributed by atoms with E-state index < -0.39 is 18.0 Å². The van der Waals surface area contributed by atoms with Gasteiger partial charge in [-0.1, -0.05) is 11.6 Å². The van der Waals surface area contributed by atoms with Gasteiger partial charge >= 0.3 is 12.1 Å². The van der Waals surface area contributed by atoms with E-state index in [0.29, 0.717) is 35.8 Å². The smallest absolute Gasteiger partial charge is 0.322 e. The minimum atomic E-state index is -5.04. The fourth-order valence-corrected chi connectivity index (χ4v) is 3.90. The Morgan fingerprint density at radius 2 is 1.85 bits per heavy atom. The highest BCUT2D eigenvalue weighted by Crippen LogP contribution is 2.36. The number of anilines is 2. The first-order chi connectivity index (χ1) is 12.3. The minimum absolute atomic E-state index is 0.0686. The van der Waals surface area contributed by atoms with Gasteiger partial charge in [0.1, 0.15) is 5.00 Å². The number of hydrogen-bond donors (Lipinski definition) is 3. The van der Waals surface area contributed by atoms with E-state index in [9.17, 15) is 22.8 Å². The number of benzene rings is 1. The molecule has 1 aromatic carbocycles. The van der Waals surface area contributed by atoms with Crippen LogP contribution in [0, 0.1) is 0 Å². The summed E-state index contributed by atoms with van der Waals surface area (Å²) in [5.41, 5.74) is 1.16. The van der Waals surface area contributed by atoms with Crippen LogP contribution in [0.2, 0.25) is 5.02 Å². The summed E-state index contributed by atoms with van der Waals surface area (Å²) in [5, 5.41) is 7.93. The van der Waals surface area contributed by atoms with E-state index in [2.05, 4.69) is 10.6 Å². The third-order valence-electron chi connectivity index (χ3n) is 3.74. The highest BCUT2D eigenvalue weighted by Gasteiger charge is 2.40. The summed E-state index contributed by atoms with van der Waals surface area (Å²) in [7, 11) is 0. The molecular formula is C16H13ClF3N3O2S. The number of fused-ring (bicyclic) bond motifs is 1. The quantitative estimate of drug-likeness (QED) is 0.730. The molecule has 0 fully saturated rings. The molecule has 0 atom stereocenters. The van der Waals surface area contributed by atoms with Gasteiger partial charge in [-0.15, -0.1) is 11.3 Å². The number of nitrogens with one attached hydrogen (secondary N) is 3. The second-order valence-corrected chi connectivity index (χ2v) is 7.09. The Balaban J connectivity index is 1.93. The number of rotatable bonds is 3. The molecule has 0 aliphatic carbocycles. The van der Waals surface area contributed by atoms with Gasteiger partial charge in [-0.3, -0.25) is 9.59 Å². The van der Waals surface area contributed by atoms with Gasteiger partial charge in [-0.25, -0.2) is 0 Å². The zero-order chi connectivity index (χ0) is 18.9. The van der Waals surface area contributed by atoms with Crippen molar-refractivity contribution in [3.63, 3.8) is 0 Å². The largest absolute Gasteiger partial charge is 0.471 e. The molecule has 5 nitrogen and oxygen atoms in total. The number of hydrogen-bond acceptors (Lipinski definition) is 4. The van der Waals surface area contributed by atoms with E-state index in [4.69, 9.17) is 11.6 Å². The highest BCUT2D eigenvalue weighted by atomic mass is 35.5. The topological polar surface area (TPSA) is 70.2 Å². The molecule has 0 saturated carbocycles. The lowest BCUT2D eigenvalue weighted by molar-refractivity contribution is -0.167. The van der Waals surface area contributed by atoms with Crippen molar-refractivity contribution < 1.29 is 22.8 Å². The van der Waals surface area contributed by atoms with E-state index in [-0.39, 0.29) is 10.6 Å². The Kier molecular flexibility index (Phi) is 5.22.